The van der Waals surface area contributed by atoms with Crippen LogP contribution in [0.5, 0.6) is 0 Å². The van der Waals surface area contributed by atoms with Crippen molar-refractivity contribution in [2.45, 2.75) is 51.9 Å². The highest BCUT2D eigenvalue weighted by Crippen LogP contribution is 2.14. The summed E-state index contributed by atoms with van der Waals surface area (Å²) in [5.41, 5.74) is 2.25. The molecule has 0 radical (unpaired) electrons. The summed E-state index contributed by atoms with van der Waals surface area (Å²) in [6.45, 7) is 3.98. The Bertz CT molecular complexity index is 406. The Morgan fingerprint density at radius 3 is 2.35 bits per heavy atom. The van der Waals surface area contributed by atoms with Crippen LogP contribution in [-0.2, 0) is 6.42 Å². The van der Waals surface area contributed by atoms with Crippen molar-refractivity contribution in [3.05, 3.63) is 29.8 Å². The van der Waals surface area contributed by atoms with Gasteiger partial charge in [-0.3, -0.25) is 0 Å². The number of urea groups is 1. The first-order valence-corrected chi connectivity index (χ1v) is 7.94. The fourth-order valence-corrected chi connectivity index (χ4v) is 2.61. The Morgan fingerprint density at radius 2 is 1.75 bits per heavy atom. The van der Waals surface area contributed by atoms with Gasteiger partial charge >= 0.3 is 6.03 Å². The summed E-state index contributed by atoms with van der Waals surface area (Å²) in [5.74, 6) is 0. The lowest BCUT2D eigenvalue weighted by Gasteiger charge is -2.20. The van der Waals surface area contributed by atoms with E-state index >= 15 is 0 Å². The molecule has 2 rings (SSSR count). The molecule has 0 aliphatic carbocycles. The van der Waals surface area contributed by atoms with Gasteiger partial charge in [-0.1, -0.05) is 38.3 Å². The minimum absolute atomic E-state index is 0.0493. The molecule has 0 atom stereocenters. The number of carbonyl (C=O) groups excluding carboxylic acids is 1. The minimum Gasteiger partial charge on any atom is -0.325 e. The van der Waals surface area contributed by atoms with E-state index in [0.717, 1.165) is 38.0 Å². The van der Waals surface area contributed by atoms with E-state index in [-0.39, 0.29) is 6.03 Å². The third-order valence-corrected chi connectivity index (χ3v) is 3.92. The Morgan fingerprint density at radius 1 is 1.10 bits per heavy atom. The van der Waals surface area contributed by atoms with Gasteiger partial charge in [0.2, 0.25) is 0 Å². The molecule has 1 aromatic rings. The van der Waals surface area contributed by atoms with Gasteiger partial charge in [0.15, 0.2) is 0 Å². The number of rotatable bonds is 4. The normalized spacial score (nSPS) is 15.8. The van der Waals surface area contributed by atoms with Crippen LogP contribution in [0.25, 0.3) is 0 Å². The molecular formula is C17H26N2O. The first-order valence-electron chi connectivity index (χ1n) is 7.94. The zero-order valence-electron chi connectivity index (χ0n) is 12.5. The lowest BCUT2D eigenvalue weighted by Crippen LogP contribution is -2.35. The highest BCUT2D eigenvalue weighted by Gasteiger charge is 2.15. The second-order valence-corrected chi connectivity index (χ2v) is 5.63. The van der Waals surface area contributed by atoms with Gasteiger partial charge in [0.25, 0.3) is 0 Å². The zero-order chi connectivity index (χ0) is 14.2. The van der Waals surface area contributed by atoms with Crippen LogP contribution in [0, 0.1) is 0 Å². The predicted octanol–water partition coefficient (Wildman–Crippen LogP) is 4.44. The lowest BCUT2D eigenvalue weighted by atomic mass is 10.1. The summed E-state index contributed by atoms with van der Waals surface area (Å²) in [7, 11) is 0. The molecule has 0 aromatic heterocycles. The molecule has 20 heavy (non-hydrogen) atoms. The van der Waals surface area contributed by atoms with Crippen molar-refractivity contribution in [1.29, 1.82) is 0 Å². The molecule has 2 amide bonds. The highest BCUT2D eigenvalue weighted by molar-refractivity contribution is 5.89. The second kappa shape index (κ2) is 7.93. The Labute approximate surface area is 122 Å². The van der Waals surface area contributed by atoms with Crippen LogP contribution in [0.1, 0.15) is 51.0 Å². The van der Waals surface area contributed by atoms with Crippen LogP contribution in [0.3, 0.4) is 0 Å². The number of nitrogens with one attached hydrogen (secondary N) is 1. The molecule has 3 heteroatoms. The van der Waals surface area contributed by atoms with Gasteiger partial charge in [0.05, 0.1) is 0 Å². The lowest BCUT2D eigenvalue weighted by molar-refractivity contribution is 0.214. The number of amides is 2. The van der Waals surface area contributed by atoms with Crippen LogP contribution in [-0.4, -0.2) is 24.0 Å². The van der Waals surface area contributed by atoms with E-state index in [1.165, 1.54) is 31.2 Å². The van der Waals surface area contributed by atoms with E-state index in [1.54, 1.807) is 0 Å². The first-order chi connectivity index (χ1) is 9.79. The zero-order valence-corrected chi connectivity index (χ0v) is 12.5. The first kappa shape index (κ1) is 14.9. The van der Waals surface area contributed by atoms with Crippen LogP contribution in [0.4, 0.5) is 10.5 Å². The smallest absolute Gasteiger partial charge is 0.321 e. The molecule has 0 bridgehead atoms. The number of hydrogen-bond acceptors (Lipinski definition) is 1. The number of nitrogens with zero attached hydrogens (tertiary/aromatic N) is 1. The molecule has 3 nitrogen and oxygen atoms in total. The molecule has 1 aliphatic rings. The van der Waals surface area contributed by atoms with Crippen LogP contribution in [0.2, 0.25) is 0 Å². The minimum atomic E-state index is 0.0493. The van der Waals surface area contributed by atoms with Crippen LogP contribution in [0.15, 0.2) is 24.3 Å². The predicted molar refractivity (Wildman–Crippen MR) is 84.1 cm³/mol. The van der Waals surface area contributed by atoms with Crippen molar-refractivity contribution in [3.8, 4) is 0 Å². The average molecular weight is 274 g/mol. The number of aryl methyl sites for hydroxylation is 1. The number of anilines is 1. The van der Waals surface area contributed by atoms with E-state index in [2.05, 4.69) is 24.4 Å². The average Bonchev–Trinajstić information content (AvgIpc) is 2.75. The van der Waals surface area contributed by atoms with Crippen molar-refractivity contribution in [1.82, 2.24) is 4.90 Å². The fourth-order valence-electron chi connectivity index (χ4n) is 2.61. The van der Waals surface area contributed by atoms with Crippen molar-refractivity contribution in [3.63, 3.8) is 0 Å². The van der Waals surface area contributed by atoms with E-state index < -0.39 is 0 Å². The third kappa shape index (κ3) is 4.55. The molecule has 1 fully saturated rings. The van der Waals surface area contributed by atoms with Gasteiger partial charge in [0.1, 0.15) is 0 Å². The fraction of sp³-hybridized carbons (Fsp3) is 0.588. The highest BCUT2D eigenvalue weighted by atomic mass is 16.2. The van der Waals surface area contributed by atoms with Crippen molar-refractivity contribution in [2.24, 2.45) is 0 Å². The molecule has 1 aromatic carbocycles. The molecule has 0 unspecified atom stereocenters. The van der Waals surface area contributed by atoms with Crippen molar-refractivity contribution < 1.29 is 4.79 Å². The van der Waals surface area contributed by atoms with Gasteiger partial charge in [-0.15, -0.1) is 0 Å². The van der Waals surface area contributed by atoms with Gasteiger partial charge in [0, 0.05) is 18.8 Å². The SMILES string of the molecule is CCCCc1ccc(NC(=O)N2CCCCCC2)cc1. The largest absolute Gasteiger partial charge is 0.325 e. The van der Waals surface area contributed by atoms with Crippen LogP contribution < -0.4 is 5.32 Å². The monoisotopic (exact) mass is 274 g/mol. The molecule has 1 N–H and O–H groups in total. The summed E-state index contributed by atoms with van der Waals surface area (Å²) < 4.78 is 0. The van der Waals surface area contributed by atoms with Gasteiger partial charge in [-0.05, 0) is 43.4 Å². The molecule has 1 heterocycles. The van der Waals surface area contributed by atoms with Gasteiger partial charge in [-0.25, -0.2) is 4.79 Å². The summed E-state index contributed by atoms with van der Waals surface area (Å²) in [4.78, 5) is 14.1. The summed E-state index contributed by atoms with van der Waals surface area (Å²) >= 11 is 0. The Hall–Kier alpha value is -1.51. The third-order valence-electron chi connectivity index (χ3n) is 3.92. The van der Waals surface area contributed by atoms with E-state index in [9.17, 15) is 4.79 Å². The van der Waals surface area contributed by atoms with E-state index in [0.29, 0.717) is 0 Å². The standard InChI is InChI=1S/C17H26N2O/c1-2-3-8-15-9-11-16(12-10-15)18-17(20)19-13-6-4-5-7-14-19/h9-12H,2-8,13-14H2,1H3,(H,18,20). The molecule has 0 saturated carbocycles. The molecule has 1 saturated heterocycles. The van der Waals surface area contributed by atoms with E-state index in [4.69, 9.17) is 0 Å². The van der Waals surface area contributed by atoms with Crippen LogP contribution >= 0.6 is 0 Å². The summed E-state index contributed by atoms with van der Waals surface area (Å²) in [6, 6.07) is 8.32. The molecular weight excluding hydrogens is 248 g/mol. The maximum Gasteiger partial charge on any atom is 0.321 e. The number of benzene rings is 1. The van der Waals surface area contributed by atoms with E-state index in [1.807, 2.05) is 17.0 Å². The molecule has 110 valence electrons. The van der Waals surface area contributed by atoms with Gasteiger partial charge in [-0.2, -0.15) is 0 Å². The van der Waals surface area contributed by atoms with Crippen molar-refractivity contribution >= 4 is 11.7 Å². The number of hydrogen-bond donors (Lipinski definition) is 1. The second-order valence-electron chi connectivity index (χ2n) is 5.63. The summed E-state index contributed by atoms with van der Waals surface area (Å²) in [5, 5.41) is 3.01. The molecule has 0 spiro atoms. The Balaban J connectivity index is 1.86. The maximum atomic E-state index is 12.2. The topological polar surface area (TPSA) is 32.3 Å². The number of carbonyl (C=O) groups is 1. The Kier molecular flexibility index (Phi) is 5.90. The van der Waals surface area contributed by atoms with Gasteiger partial charge < -0.3 is 10.2 Å². The quantitative estimate of drug-likeness (QED) is 0.865. The summed E-state index contributed by atoms with van der Waals surface area (Å²) in [6.07, 6.45) is 8.31. The molecule has 1 aliphatic heterocycles. The number of likely N-dealkylation sites (tertiary alicyclic amines) is 1. The van der Waals surface area contributed by atoms with Crippen molar-refractivity contribution in [2.75, 3.05) is 18.4 Å². The number of unbranched alkanes of at least 4 members (excludes halogenated alkanes) is 1. The maximum absolute atomic E-state index is 12.2.